The summed E-state index contributed by atoms with van der Waals surface area (Å²) in [6.07, 6.45) is 4.85. The third-order valence-corrected chi connectivity index (χ3v) is 6.90. The van der Waals surface area contributed by atoms with E-state index >= 15 is 0 Å². The van der Waals surface area contributed by atoms with Crippen molar-refractivity contribution in [2.75, 3.05) is 10.6 Å². The number of amides is 3. The first kappa shape index (κ1) is 24.3. The number of carbonyl (C=O) groups excluding carboxylic acids is 3. The van der Waals surface area contributed by atoms with E-state index in [9.17, 15) is 18.8 Å². The molecular weight excluding hydrogens is 469 g/mol. The number of benzene rings is 2. The number of aromatic nitrogens is 1. The van der Waals surface area contributed by atoms with Gasteiger partial charge in [0, 0.05) is 11.7 Å². The van der Waals surface area contributed by atoms with Crippen LogP contribution in [-0.4, -0.2) is 28.1 Å². The first-order chi connectivity index (χ1) is 16.9. The molecule has 5 N–H and O–H groups in total. The maximum atomic E-state index is 13.9. The summed E-state index contributed by atoms with van der Waals surface area (Å²) in [5.41, 5.74) is 11.9. The standard InChI is InChI=1S/C25H26FN5O3S/c26-16-13-11-15(12-14-16)21(24(33)29-17-7-3-1-4-8-17)31(18-9-5-2-6-10-18)25(34)22-19(27)20(23(28)32)30-35-22/h2,5-6,9-14,17,21H,1,3-4,7-8,27H2,(H2,28,32)(H,29,33). The lowest BCUT2D eigenvalue weighted by atomic mass is 9.94. The normalized spacial score (nSPS) is 14.8. The number of halogens is 1. The molecule has 1 aliphatic rings. The fourth-order valence-corrected chi connectivity index (χ4v) is 5.04. The molecule has 0 saturated heterocycles. The number of nitrogens with one attached hydrogen (secondary N) is 1. The van der Waals surface area contributed by atoms with Crippen LogP contribution in [0.5, 0.6) is 0 Å². The number of nitrogens with two attached hydrogens (primary N) is 2. The molecule has 4 rings (SSSR count). The van der Waals surface area contributed by atoms with Crippen LogP contribution in [0.1, 0.15) is 63.9 Å². The second-order valence-electron chi connectivity index (χ2n) is 8.45. The summed E-state index contributed by atoms with van der Waals surface area (Å²) < 4.78 is 17.7. The summed E-state index contributed by atoms with van der Waals surface area (Å²) in [6, 6.07) is 13.0. The number of carbonyl (C=O) groups is 3. The third-order valence-electron chi connectivity index (χ3n) is 6.05. The van der Waals surface area contributed by atoms with E-state index in [0.717, 1.165) is 43.6 Å². The molecule has 8 nitrogen and oxygen atoms in total. The Kier molecular flexibility index (Phi) is 7.40. The van der Waals surface area contributed by atoms with Crippen molar-refractivity contribution in [3.8, 4) is 0 Å². The van der Waals surface area contributed by atoms with Gasteiger partial charge < -0.3 is 16.8 Å². The van der Waals surface area contributed by atoms with Gasteiger partial charge in [0.05, 0.1) is 5.69 Å². The number of hydrogen-bond donors (Lipinski definition) is 3. The predicted octanol–water partition coefficient (Wildman–Crippen LogP) is 3.80. The number of primary amides is 1. The maximum Gasteiger partial charge on any atom is 0.273 e. The van der Waals surface area contributed by atoms with Gasteiger partial charge in [-0.2, -0.15) is 4.37 Å². The molecule has 182 valence electrons. The van der Waals surface area contributed by atoms with E-state index in [4.69, 9.17) is 11.5 Å². The topological polar surface area (TPSA) is 131 Å². The summed E-state index contributed by atoms with van der Waals surface area (Å²) in [5.74, 6) is -2.32. The van der Waals surface area contributed by atoms with E-state index < -0.39 is 23.7 Å². The van der Waals surface area contributed by atoms with Crippen molar-refractivity contribution in [1.29, 1.82) is 0 Å². The van der Waals surface area contributed by atoms with Crippen molar-refractivity contribution in [3.63, 3.8) is 0 Å². The molecule has 2 aromatic carbocycles. The average molecular weight is 496 g/mol. The van der Waals surface area contributed by atoms with Crippen LogP contribution < -0.4 is 21.7 Å². The molecule has 1 aliphatic carbocycles. The Morgan fingerprint density at radius 1 is 1.03 bits per heavy atom. The molecule has 1 unspecified atom stereocenters. The van der Waals surface area contributed by atoms with Crippen molar-refractivity contribution in [1.82, 2.24) is 9.69 Å². The molecular formula is C25H26FN5O3S. The van der Waals surface area contributed by atoms with Crippen molar-refractivity contribution in [2.24, 2.45) is 5.73 Å². The molecule has 1 atom stereocenters. The lowest BCUT2D eigenvalue weighted by molar-refractivity contribution is -0.123. The molecule has 1 saturated carbocycles. The SMILES string of the molecule is NC(=O)c1nsc(C(=O)N(c2ccccc2)C(C(=O)NC2CCCCC2)c2ccc(F)cc2)c1N. The minimum absolute atomic E-state index is 0.0122. The Labute approximate surface area is 206 Å². The van der Waals surface area contributed by atoms with Crippen LogP contribution in [0.3, 0.4) is 0 Å². The van der Waals surface area contributed by atoms with Crippen LogP contribution in [0.4, 0.5) is 15.8 Å². The van der Waals surface area contributed by atoms with E-state index in [-0.39, 0.29) is 28.2 Å². The molecule has 1 aromatic heterocycles. The van der Waals surface area contributed by atoms with E-state index in [1.807, 2.05) is 0 Å². The molecule has 3 aromatic rings. The molecule has 1 heterocycles. The second kappa shape index (κ2) is 10.6. The first-order valence-electron chi connectivity index (χ1n) is 11.4. The van der Waals surface area contributed by atoms with Crippen LogP contribution in [0.2, 0.25) is 0 Å². The number of nitrogen functional groups attached to an aromatic ring is 1. The molecule has 35 heavy (non-hydrogen) atoms. The second-order valence-corrected chi connectivity index (χ2v) is 9.22. The Morgan fingerprint density at radius 2 is 1.69 bits per heavy atom. The highest BCUT2D eigenvalue weighted by atomic mass is 32.1. The summed E-state index contributed by atoms with van der Waals surface area (Å²) in [4.78, 5) is 40.6. The quantitative estimate of drug-likeness (QED) is 0.459. The van der Waals surface area contributed by atoms with Crippen LogP contribution in [-0.2, 0) is 4.79 Å². The Morgan fingerprint density at radius 3 is 2.29 bits per heavy atom. The molecule has 0 radical (unpaired) electrons. The van der Waals surface area contributed by atoms with Crippen molar-refractivity contribution >= 4 is 40.6 Å². The van der Waals surface area contributed by atoms with Crippen molar-refractivity contribution < 1.29 is 18.8 Å². The molecule has 0 bridgehead atoms. The lowest BCUT2D eigenvalue weighted by Crippen LogP contribution is -2.47. The van der Waals surface area contributed by atoms with E-state index in [0.29, 0.717) is 11.3 Å². The minimum Gasteiger partial charge on any atom is -0.395 e. The maximum absolute atomic E-state index is 13.9. The van der Waals surface area contributed by atoms with Gasteiger partial charge in [0.2, 0.25) is 5.91 Å². The average Bonchev–Trinajstić information content (AvgIpc) is 3.25. The molecule has 0 aliphatic heterocycles. The van der Waals surface area contributed by atoms with Crippen molar-refractivity contribution in [3.05, 3.63) is 76.5 Å². The van der Waals surface area contributed by atoms with Gasteiger partial charge in [-0.15, -0.1) is 0 Å². The lowest BCUT2D eigenvalue weighted by Gasteiger charge is -2.33. The highest BCUT2D eigenvalue weighted by Crippen LogP contribution is 2.33. The Bertz CT molecular complexity index is 1210. The zero-order valence-corrected chi connectivity index (χ0v) is 19.8. The van der Waals surface area contributed by atoms with Gasteiger partial charge in [-0.25, -0.2) is 4.39 Å². The highest BCUT2D eigenvalue weighted by molar-refractivity contribution is 7.09. The summed E-state index contributed by atoms with van der Waals surface area (Å²) in [5, 5.41) is 3.08. The number of nitrogens with zero attached hydrogens (tertiary/aromatic N) is 2. The third kappa shape index (κ3) is 5.32. The largest absolute Gasteiger partial charge is 0.395 e. The van der Waals surface area contributed by atoms with Crippen LogP contribution in [0.25, 0.3) is 0 Å². The van der Waals surface area contributed by atoms with E-state index in [1.165, 1.54) is 29.2 Å². The smallest absolute Gasteiger partial charge is 0.273 e. The highest BCUT2D eigenvalue weighted by Gasteiger charge is 2.36. The zero-order valence-electron chi connectivity index (χ0n) is 18.9. The van der Waals surface area contributed by atoms with E-state index in [2.05, 4.69) is 9.69 Å². The predicted molar refractivity (Wildman–Crippen MR) is 132 cm³/mol. The van der Waals surface area contributed by atoms with Gasteiger partial charge in [0.15, 0.2) is 5.69 Å². The molecule has 10 heteroatoms. The number of hydrogen-bond acceptors (Lipinski definition) is 6. The number of anilines is 2. The van der Waals surface area contributed by atoms with E-state index in [1.54, 1.807) is 30.3 Å². The monoisotopic (exact) mass is 495 g/mol. The fourth-order valence-electron chi connectivity index (χ4n) is 4.30. The first-order valence-corrected chi connectivity index (χ1v) is 12.1. The number of para-hydroxylation sites is 1. The summed E-state index contributed by atoms with van der Waals surface area (Å²) in [6.45, 7) is 0. The fraction of sp³-hybridized carbons (Fsp3) is 0.280. The van der Waals surface area contributed by atoms with Gasteiger partial charge in [-0.3, -0.25) is 19.3 Å². The number of rotatable bonds is 7. The van der Waals surface area contributed by atoms with Gasteiger partial charge in [-0.1, -0.05) is 49.6 Å². The minimum atomic E-state index is -1.12. The van der Waals surface area contributed by atoms with Crippen LogP contribution in [0, 0.1) is 5.82 Å². The van der Waals surface area contributed by atoms with Crippen molar-refractivity contribution in [2.45, 2.75) is 44.2 Å². The molecule has 0 spiro atoms. The van der Waals surface area contributed by atoms with Crippen LogP contribution >= 0.6 is 11.5 Å². The zero-order chi connectivity index (χ0) is 24.9. The molecule has 1 fully saturated rings. The van der Waals surface area contributed by atoms with Gasteiger partial charge in [-0.05, 0) is 54.2 Å². The molecule has 3 amide bonds. The van der Waals surface area contributed by atoms with Gasteiger partial charge >= 0.3 is 0 Å². The van der Waals surface area contributed by atoms with Crippen LogP contribution in [0.15, 0.2) is 54.6 Å². The van der Waals surface area contributed by atoms with Gasteiger partial charge in [0.25, 0.3) is 11.8 Å². The summed E-state index contributed by atoms with van der Waals surface area (Å²) >= 11 is 0.739. The Balaban J connectivity index is 1.81. The Hall–Kier alpha value is -3.79. The summed E-state index contributed by atoms with van der Waals surface area (Å²) in [7, 11) is 0. The van der Waals surface area contributed by atoms with Gasteiger partial charge in [0.1, 0.15) is 16.7 Å².